The Labute approximate surface area is 405 Å². The Kier molecular flexibility index (Phi) is 54.3. The molecule has 5 nitrogen and oxygen atoms in total. The molecular weight excluding hydrogens is 801 g/mol. The monoisotopic (exact) mass is 911 g/mol. The summed E-state index contributed by atoms with van der Waals surface area (Å²) in [6.07, 6.45) is 73.8. The standard InChI is InChI=1S/C60H110O5/c1-3-5-7-9-11-13-15-17-19-21-23-24-25-26-27-28-29-30-31-32-33-34-35-36-37-39-41-43-45-47-49-51-53-55-60(63)65-58(56-61)57-64-59(62)54-52-50-48-46-44-42-40-38-22-20-18-16-14-12-10-8-6-4-2/h14-17,20-23,58,61H,3-13,18-19,24-57H2,1-2H3/b16-14-,17-15-,22-20-,23-21-. The van der Waals surface area contributed by atoms with Crippen molar-refractivity contribution in [2.75, 3.05) is 13.2 Å². The quantitative estimate of drug-likeness (QED) is 0.0374. The number of aliphatic hydroxyl groups excluding tert-OH is 1. The highest BCUT2D eigenvalue weighted by Gasteiger charge is 2.16. The maximum Gasteiger partial charge on any atom is 0.306 e. The molecule has 0 saturated carbocycles. The molecule has 0 fully saturated rings. The average molecular weight is 912 g/mol. The van der Waals surface area contributed by atoms with Crippen LogP contribution in [0.3, 0.4) is 0 Å². The molecule has 0 aromatic heterocycles. The number of rotatable bonds is 53. The molecule has 1 atom stereocenters. The lowest BCUT2D eigenvalue weighted by atomic mass is 10.0. The Morgan fingerprint density at radius 3 is 0.923 bits per heavy atom. The summed E-state index contributed by atoms with van der Waals surface area (Å²) in [5.41, 5.74) is 0. The molecule has 0 rings (SSSR count). The predicted octanol–water partition coefficient (Wildman–Crippen LogP) is 19.3. The van der Waals surface area contributed by atoms with Gasteiger partial charge in [-0.05, 0) is 77.0 Å². The zero-order chi connectivity index (χ0) is 47.0. The van der Waals surface area contributed by atoms with Gasteiger partial charge in [-0.2, -0.15) is 0 Å². The van der Waals surface area contributed by atoms with Crippen molar-refractivity contribution in [2.45, 2.75) is 309 Å². The number of aliphatic hydroxyl groups is 1. The first-order valence-electron chi connectivity index (χ1n) is 28.7. The van der Waals surface area contributed by atoms with Crippen molar-refractivity contribution in [3.63, 3.8) is 0 Å². The molecule has 0 aromatic carbocycles. The van der Waals surface area contributed by atoms with Crippen LogP contribution in [0.2, 0.25) is 0 Å². The van der Waals surface area contributed by atoms with Gasteiger partial charge in [0.05, 0.1) is 6.61 Å². The van der Waals surface area contributed by atoms with Crippen LogP contribution in [0.15, 0.2) is 48.6 Å². The van der Waals surface area contributed by atoms with Crippen molar-refractivity contribution in [1.29, 1.82) is 0 Å². The zero-order valence-corrected chi connectivity index (χ0v) is 43.5. The molecule has 0 radical (unpaired) electrons. The van der Waals surface area contributed by atoms with Crippen LogP contribution in [0, 0.1) is 0 Å². The summed E-state index contributed by atoms with van der Waals surface area (Å²) < 4.78 is 10.7. The largest absolute Gasteiger partial charge is 0.462 e. The first-order valence-corrected chi connectivity index (χ1v) is 28.7. The molecule has 0 heterocycles. The van der Waals surface area contributed by atoms with Gasteiger partial charge in [-0.15, -0.1) is 0 Å². The highest BCUT2D eigenvalue weighted by atomic mass is 16.6. The lowest BCUT2D eigenvalue weighted by Gasteiger charge is -2.15. The van der Waals surface area contributed by atoms with Crippen molar-refractivity contribution in [3.8, 4) is 0 Å². The molecule has 0 aliphatic rings. The van der Waals surface area contributed by atoms with Crippen LogP contribution in [-0.4, -0.2) is 36.4 Å². The van der Waals surface area contributed by atoms with Gasteiger partial charge < -0.3 is 14.6 Å². The Hall–Kier alpha value is -2.14. The topological polar surface area (TPSA) is 72.8 Å². The summed E-state index contributed by atoms with van der Waals surface area (Å²) in [4.78, 5) is 24.5. The SMILES string of the molecule is CCCCCC/C=C\C/C=C\CCCCCCCCCC(=O)OCC(CO)OC(=O)CCCCCCCCCCCCCCCCCCCCCCC/C=C\C/C=C\CCCCCCC. The summed E-state index contributed by atoms with van der Waals surface area (Å²) in [5.74, 6) is -0.587. The molecule has 1 unspecified atom stereocenters. The number of carbonyl (C=O) groups is 2. The van der Waals surface area contributed by atoms with Crippen molar-refractivity contribution in [3.05, 3.63) is 48.6 Å². The fourth-order valence-electron chi connectivity index (χ4n) is 8.50. The van der Waals surface area contributed by atoms with Gasteiger partial charge in [-0.1, -0.05) is 262 Å². The van der Waals surface area contributed by atoms with Crippen molar-refractivity contribution in [2.24, 2.45) is 0 Å². The lowest BCUT2D eigenvalue weighted by molar-refractivity contribution is -0.161. The predicted molar refractivity (Wildman–Crippen MR) is 284 cm³/mol. The second kappa shape index (κ2) is 56.2. The molecule has 0 aliphatic heterocycles. The van der Waals surface area contributed by atoms with Gasteiger partial charge in [0, 0.05) is 12.8 Å². The van der Waals surface area contributed by atoms with Crippen LogP contribution in [0.5, 0.6) is 0 Å². The summed E-state index contributed by atoms with van der Waals surface area (Å²) in [6, 6.07) is 0. The van der Waals surface area contributed by atoms with E-state index in [-0.39, 0.29) is 25.2 Å². The first kappa shape index (κ1) is 62.9. The Bertz CT molecular complexity index is 1080. The second-order valence-electron chi connectivity index (χ2n) is 19.4. The summed E-state index contributed by atoms with van der Waals surface area (Å²) in [5, 5.41) is 9.64. The number of esters is 2. The smallest absolute Gasteiger partial charge is 0.306 e. The molecule has 380 valence electrons. The van der Waals surface area contributed by atoms with E-state index in [0.29, 0.717) is 12.8 Å². The molecule has 0 amide bonds. The van der Waals surface area contributed by atoms with E-state index >= 15 is 0 Å². The number of unbranched alkanes of at least 4 members (excludes halogenated alkanes) is 37. The van der Waals surface area contributed by atoms with Crippen LogP contribution in [0.25, 0.3) is 0 Å². The van der Waals surface area contributed by atoms with E-state index in [0.717, 1.165) is 51.4 Å². The van der Waals surface area contributed by atoms with E-state index < -0.39 is 6.10 Å². The van der Waals surface area contributed by atoms with Crippen molar-refractivity contribution >= 4 is 11.9 Å². The fourth-order valence-corrected chi connectivity index (χ4v) is 8.50. The molecular formula is C60H110O5. The van der Waals surface area contributed by atoms with Gasteiger partial charge in [-0.3, -0.25) is 9.59 Å². The summed E-state index contributed by atoms with van der Waals surface area (Å²) >= 11 is 0. The van der Waals surface area contributed by atoms with Crippen molar-refractivity contribution in [1.82, 2.24) is 0 Å². The summed E-state index contributed by atoms with van der Waals surface area (Å²) in [7, 11) is 0. The number of carbonyl (C=O) groups excluding carboxylic acids is 2. The van der Waals surface area contributed by atoms with E-state index in [1.165, 1.54) is 225 Å². The van der Waals surface area contributed by atoms with E-state index in [9.17, 15) is 14.7 Å². The molecule has 0 aliphatic carbocycles. The van der Waals surface area contributed by atoms with Gasteiger partial charge in [0.15, 0.2) is 6.10 Å². The third kappa shape index (κ3) is 54.4. The van der Waals surface area contributed by atoms with Crippen LogP contribution in [0.1, 0.15) is 303 Å². The van der Waals surface area contributed by atoms with E-state index in [4.69, 9.17) is 9.47 Å². The third-order valence-corrected chi connectivity index (χ3v) is 12.8. The van der Waals surface area contributed by atoms with Crippen molar-refractivity contribution < 1.29 is 24.2 Å². The Morgan fingerprint density at radius 2 is 0.615 bits per heavy atom. The Balaban J connectivity index is 3.43. The molecule has 0 aromatic rings. The molecule has 1 N–H and O–H groups in total. The molecule has 0 spiro atoms. The lowest BCUT2D eigenvalue weighted by Crippen LogP contribution is -2.28. The van der Waals surface area contributed by atoms with Crippen LogP contribution in [-0.2, 0) is 19.1 Å². The number of allylic oxidation sites excluding steroid dienone is 8. The highest BCUT2D eigenvalue weighted by molar-refractivity contribution is 5.70. The maximum absolute atomic E-state index is 12.3. The fraction of sp³-hybridized carbons (Fsp3) is 0.833. The minimum absolute atomic E-state index is 0.0672. The Morgan fingerprint density at radius 1 is 0.354 bits per heavy atom. The molecule has 5 heteroatoms. The minimum Gasteiger partial charge on any atom is -0.462 e. The van der Waals surface area contributed by atoms with Gasteiger partial charge in [-0.25, -0.2) is 0 Å². The minimum atomic E-state index is -0.774. The average Bonchev–Trinajstić information content (AvgIpc) is 3.31. The highest BCUT2D eigenvalue weighted by Crippen LogP contribution is 2.17. The van der Waals surface area contributed by atoms with Gasteiger partial charge in [0.2, 0.25) is 0 Å². The van der Waals surface area contributed by atoms with Crippen LogP contribution < -0.4 is 0 Å². The molecule has 65 heavy (non-hydrogen) atoms. The van der Waals surface area contributed by atoms with E-state index in [1.807, 2.05) is 0 Å². The number of ether oxygens (including phenoxy) is 2. The van der Waals surface area contributed by atoms with Gasteiger partial charge >= 0.3 is 11.9 Å². The normalized spacial score (nSPS) is 12.5. The van der Waals surface area contributed by atoms with Crippen LogP contribution in [0.4, 0.5) is 0 Å². The summed E-state index contributed by atoms with van der Waals surface area (Å²) in [6.45, 7) is 4.14. The van der Waals surface area contributed by atoms with E-state index in [1.54, 1.807) is 0 Å². The second-order valence-corrected chi connectivity index (χ2v) is 19.4. The zero-order valence-electron chi connectivity index (χ0n) is 43.5. The van der Waals surface area contributed by atoms with Gasteiger partial charge in [0.25, 0.3) is 0 Å². The van der Waals surface area contributed by atoms with E-state index in [2.05, 4.69) is 62.5 Å². The first-order chi connectivity index (χ1) is 32.1. The molecule has 0 saturated heterocycles. The molecule has 0 bridgehead atoms. The van der Waals surface area contributed by atoms with Gasteiger partial charge in [0.1, 0.15) is 6.61 Å². The van der Waals surface area contributed by atoms with Crippen LogP contribution >= 0.6 is 0 Å². The third-order valence-electron chi connectivity index (χ3n) is 12.8. The number of hydrogen-bond donors (Lipinski definition) is 1. The maximum atomic E-state index is 12.3. The number of hydrogen-bond acceptors (Lipinski definition) is 5.